The first-order valence-corrected chi connectivity index (χ1v) is 4.72. The molecule has 0 spiro atoms. The zero-order chi connectivity index (χ0) is 11.5. The van der Waals surface area contributed by atoms with E-state index < -0.39 is 11.6 Å². The second-order valence-corrected chi connectivity index (χ2v) is 3.35. The third kappa shape index (κ3) is 1.84. The monoisotopic (exact) mass is 218 g/mol. The number of hydrogen-bond donors (Lipinski definition) is 0. The van der Waals surface area contributed by atoms with Crippen LogP contribution < -0.4 is 0 Å². The molecule has 0 saturated heterocycles. The maximum Gasteiger partial charge on any atom is 0.166 e. The van der Waals surface area contributed by atoms with Crippen LogP contribution in [0.4, 0.5) is 8.78 Å². The first kappa shape index (κ1) is 10.5. The van der Waals surface area contributed by atoms with E-state index in [1.54, 1.807) is 30.3 Å². The lowest BCUT2D eigenvalue weighted by Crippen LogP contribution is -1.93. The van der Waals surface area contributed by atoms with Crippen molar-refractivity contribution in [3.63, 3.8) is 0 Å². The number of aldehydes is 1. The third-order valence-electron chi connectivity index (χ3n) is 2.27. The smallest absolute Gasteiger partial charge is 0.166 e. The molecule has 2 aromatic carbocycles. The highest BCUT2D eigenvalue weighted by Gasteiger charge is 2.11. The lowest BCUT2D eigenvalue weighted by Gasteiger charge is -2.05. The predicted octanol–water partition coefficient (Wildman–Crippen LogP) is 3.44. The van der Waals surface area contributed by atoms with E-state index in [0.29, 0.717) is 11.8 Å². The Morgan fingerprint density at radius 2 is 1.69 bits per heavy atom. The molecule has 0 bridgehead atoms. The van der Waals surface area contributed by atoms with Gasteiger partial charge >= 0.3 is 0 Å². The van der Waals surface area contributed by atoms with E-state index in [-0.39, 0.29) is 11.1 Å². The van der Waals surface area contributed by atoms with Crippen LogP contribution in [-0.4, -0.2) is 6.29 Å². The average molecular weight is 218 g/mol. The van der Waals surface area contributed by atoms with Crippen LogP contribution in [0.1, 0.15) is 10.4 Å². The van der Waals surface area contributed by atoms with Crippen LogP contribution in [0, 0.1) is 11.6 Å². The molecule has 2 rings (SSSR count). The van der Waals surface area contributed by atoms with E-state index in [4.69, 9.17) is 0 Å². The minimum atomic E-state index is -1.01. The third-order valence-corrected chi connectivity index (χ3v) is 2.27. The fourth-order valence-corrected chi connectivity index (χ4v) is 1.51. The topological polar surface area (TPSA) is 17.1 Å². The van der Waals surface area contributed by atoms with Crippen LogP contribution in [0.15, 0.2) is 42.5 Å². The molecule has 0 radical (unpaired) electrons. The Morgan fingerprint density at radius 1 is 1.00 bits per heavy atom. The summed E-state index contributed by atoms with van der Waals surface area (Å²) in [6, 6.07) is 10.8. The van der Waals surface area contributed by atoms with Crippen LogP contribution in [-0.2, 0) is 0 Å². The standard InChI is InChI=1S/C13H8F2O/c14-12-7-9(8-16)6-11(13(12)15)10-4-2-1-3-5-10/h1-8H. The molecule has 0 saturated carbocycles. The van der Waals surface area contributed by atoms with Crippen molar-refractivity contribution >= 4 is 6.29 Å². The van der Waals surface area contributed by atoms with Gasteiger partial charge in [-0.05, 0) is 17.7 Å². The summed E-state index contributed by atoms with van der Waals surface area (Å²) >= 11 is 0. The van der Waals surface area contributed by atoms with E-state index in [9.17, 15) is 13.6 Å². The Bertz CT molecular complexity index is 521. The van der Waals surface area contributed by atoms with E-state index in [1.807, 2.05) is 0 Å². The Kier molecular flexibility index (Phi) is 2.77. The quantitative estimate of drug-likeness (QED) is 0.705. The summed E-state index contributed by atoms with van der Waals surface area (Å²) in [6.07, 6.45) is 0.495. The van der Waals surface area contributed by atoms with Gasteiger partial charge in [-0.3, -0.25) is 4.79 Å². The maximum absolute atomic E-state index is 13.5. The van der Waals surface area contributed by atoms with E-state index in [2.05, 4.69) is 0 Å². The van der Waals surface area contributed by atoms with E-state index in [1.165, 1.54) is 6.07 Å². The van der Waals surface area contributed by atoms with Crippen molar-refractivity contribution in [3.05, 3.63) is 59.7 Å². The van der Waals surface area contributed by atoms with Crippen molar-refractivity contribution in [3.8, 4) is 11.1 Å². The zero-order valence-corrected chi connectivity index (χ0v) is 8.28. The van der Waals surface area contributed by atoms with Crippen molar-refractivity contribution in [1.82, 2.24) is 0 Å². The molecule has 0 fully saturated rings. The van der Waals surface area contributed by atoms with Crippen molar-refractivity contribution in [1.29, 1.82) is 0 Å². The van der Waals surface area contributed by atoms with Gasteiger partial charge < -0.3 is 0 Å². The highest BCUT2D eigenvalue weighted by molar-refractivity contribution is 5.79. The number of rotatable bonds is 2. The predicted molar refractivity (Wildman–Crippen MR) is 57.2 cm³/mol. The molecule has 0 aliphatic carbocycles. The second-order valence-electron chi connectivity index (χ2n) is 3.35. The molecule has 0 unspecified atom stereocenters. The molecule has 0 aliphatic rings. The highest BCUT2D eigenvalue weighted by Crippen LogP contribution is 2.25. The lowest BCUT2D eigenvalue weighted by atomic mass is 10.0. The van der Waals surface area contributed by atoms with Crippen LogP contribution in [0.5, 0.6) is 0 Å². The summed E-state index contributed by atoms with van der Waals surface area (Å²) in [5, 5.41) is 0. The summed E-state index contributed by atoms with van der Waals surface area (Å²) in [6.45, 7) is 0. The number of carbonyl (C=O) groups excluding carboxylic acids is 1. The van der Waals surface area contributed by atoms with Crippen molar-refractivity contribution in [2.45, 2.75) is 0 Å². The van der Waals surface area contributed by atoms with Gasteiger partial charge in [-0.15, -0.1) is 0 Å². The second kappa shape index (κ2) is 4.23. The first-order chi connectivity index (χ1) is 7.72. The maximum atomic E-state index is 13.5. The van der Waals surface area contributed by atoms with Gasteiger partial charge in [0.2, 0.25) is 0 Å². The molecule has 0 atom stereocenters. The summed E-state index contributed by atoms with van der Waals surface area (Å²) in [5.74, 6) is -1.94. The summed E-state index contributed by atoms with van der Waals surface area (Å²) in [7, 11) is 0. The molecule has 0 amide bonds. The van der Waals surface area contributed by atoms with Crippen molar-refractivity contribution in [2.75, 3.05) is 0 Å². The SMILES string of the molecule is O=Cc1cc(F)c(F)c(-c2ccccc2)c1. The molecule has 16 heavy (non-hydrogen) atoms. The molecular weight excluding hydrogens is 210 g/mol. The number of benzene rings is 2. The van der Waals surface area contributed by atoms with Gasteiger partial charge in [0.1, 0.15) is 6.29 Å². The van der Waals surface area contributed by atoms with Crippen LogP contribution in [0.2, 0.25) is 0 Å². The van der Waals surface area contributed by atoms with E-state index >= 15 is 0 Å². The van der Waals surface area contributed by atoms with Crippen molar-refractivity contribution in [2.24, 2.45) is 0 Å². The van der Waals surface area contributed by atoms with E-state index in [0.717, 1.165) is 6.07 Å². The molecule has 0 aliphatic heterocycles. The first-order valence-electron chi connectivity index (χ1n) is 4.72. The van der Waals surface area contributed by atoms with Crippen LogP contribution in [0.25, 0.3) is 11.1 Å². The largest absolute Gasteiger partial charge is 0.298 e. The Morgan fingerprint density at radius 3 is 2.31 bits per heavy atom. The van der Waals surface area contributed by atoms with Gasteiger partial charge in [0.15, 0.2) is 11.6 Å². The molecule has 0 aromatic heterocycles. The van der Waals surface area contributed by atoms with Gasteiger partial charge in [0, 0.05) is 11.1 Å². The molecule has 0 heterocycles. The normalized spacial score (nSPS) is 10.1. The Hall–Kier alpha value is -2.03. The van der Waals surface area contributed by atoms with Crippen molar-refractivity contribution < 1.29 is 13.6 Å². The molecule has 1 nitrogen and oxygen atoms in total. The van der Waals surface area contributed by atoms with Gasteiger partial charge in [0.05, 0.1) is 0 Å². The zero-order valence-electron chi connectivity index (χ0n) is 8.28. The number of halogens is 2. The van der Waals surface area contributed by atoms with Gasteiger partial charge in [-0.1, -0.05) is 30.3 Å². The molecular formula is C13H8F2O. The van der Waals surface area contributed by atoms with Crippen LogP contribution in [0.3, 0.4) is 0 Å². The fourth-order valence-electron chi connectivity index (χ4n) is 1.51. The highest BCUT2D eigenvalue weighted by atomic mass is 19.2. The summed E-state index contributed by atoms with van der Waals surface area (Å²) in [5.41, 5.74) is 0.767. The average Bonchev–Trinajstić information content (AvgIpc) is 2.33. The Labute approximate surface area is 91.3 Å². The Balaban J connectivity index is 2.64. The van der Waals surface area contributed by atoms with Gasteiger partial charge in [0.25, 0.3) is 0 Å². The number of carbonyl (C=O) groups is 1. The van der Waals surface area contributed by atoms with Crippen LogP contribution >= 0.6 is 0 Å². The van der Waals surface area contributed by atoms with Gasteiger partial charge in [-0.2, -0.15) is 0 Å². The summed E-state index contributed by atoms with van der Waals surface area (Å²) < 4.78 is 26.7. The fraction of sp³-hybridized carbons (Fsp3) is 0. The minimum absolute atomic E-state index is 0.0997. The molecule has 2 aromatic rings. The minimum Gasteiger partial charge on any atom is -0.298 e. The number of hydrogen-bond acceptors (Lipinski definition) is 1. The summed E-state index contributed by atoms with van der Waals surface area (Å²) in [4.78, 5) is 10.6. The molecule has 0 N–H and O–H groups in total. The lowest BCUT2D eigenvalue weighted by molar-refractivity contribution is 0.112. The molecule has 3 heteroatoms. The van der Waals surface area contributed by atoms with Gasteiger partial charge in [-0.25, -0.2) is 8.78 Å². The molecule has 80 valence electrons.